The van der Waals surface area contributed by atoms with E-state index in [1.165, 1.54) is 0 Å². The van der Waals surface area contributed by atoms with E-state index in [0.29, 0.717) is 40.4 Å². The summed E-state index contributed by atoms with van der Waals surface area (Å²) >= 11 is 12.8. The molecule has 0 aliphatic heterocycles. The molecule has 0 radical (unpaired) electrons. The highest BCUT2D eigenvalue weighted by Crippen LogP contribution is 2.48. The number of carbonyl (C=O) groups is 1. The molecule has 0 amide bonds. The zero-order valence-corrected chi connectivity index (χ0v) is 19.4. The van der Waals surface area contributed by atoms with Crippen LogP contribution in [0.3, 0.4) is 0 Å². The van der Waals surface area contributed by atoms with Gasteiger partial charge < -0.3 is 19.7 Å². The molecule has 2 aromatic carbocycles. The predicted octanol–water partition coefficient (Wildman–Crippen LogP) is 6.97. The Hall–Kier alpha value is -2.80. The molecule has 3 aromatic rings. The van der Waals surface area contributed by atoms with E-state index in [4.69, 9.17) is 37.6 Å². The number of benzene rings is 2. The smallest absolute Gasteiger partial charge is 0.335 e. The number of carboxylic acid groups (broad SMARTS) is 1. The van der Waals surface area contributed by atoms with E-state index >= 15 is 0 Å². The van der Waals surface area contributed by atoms with Crippen LogP contribution < -0.4 is 5.32 Å². The summed E-state index contributed by atoms with van der Waals surface area (Å²) in [6.07, 6.45) is 4.26. The Labute approximate surface area is 202 Å². The van der Waals surface area contributed by atoms with Gasteiger partial charge in [-0.05, 0) is 49.1 Å². The lowest BCUT2D eigenvalue weighted by Crippen LogP contribution is -2.09. The van der Waals surface area contributed by atoms with E-state index in [9.17, 15) is 4.79 Å². The second kappa shape index (κ2) is 10.4. The fraction of sp³-hybridized carbons (Fsp3) is 0.280. The minimum atomic E-state index is -0.958. The first kappa shape index (κ1) is 23.4. The van der Waals surface area contributed by atoms with Crippen LogP contribution in [0.5, 0.6) is 0 Å². The van der Waals surface area contributed by atoms with E-state index in [1.54, 1.807) is 48.5 Å². The number of rotatable bonds is 11. The van der Waals surface area contributed by atoms with Gasteiger partial charge in [0.1, 0.15) is 17.5 Å². The lowest BCUT2D eigenvalue weighted by Gasteiger charge is -2.15. The predicted molar refractivity (Wildman–Crippen MR) is 129 cm³/mol. The van der Waals surface area contributed by atoms with Crippen LogP contribution in [-0.2, 0) is 4.74 Å². The Kier molecular flexibility index (Phi) is 7.38. The zero-order chi connectivity index (χ0) is 23.4. The van der Waals surface area contributed by atoms with Crippen LogP contribution in [0.1, 0.15) is 53.0 Å². The molecule has 1 heterocycles. The van der Waals surface area contributed by atoms with Crippen molar-refractivity contribution in [3.63, 3.8) is 0 Å². The average molecular weight is 487 g/mol. The molecule has 1 atom stereocenters. The molecule has 33 heavy (non-hydrogen) atoms. The van der Waals surface area contributed by atoms with Crippen molar-refractivity contribution in [2.75, 3.05) is 18.5 Å². The van der Waals surface area contributed by atoms with Gasteiger partial charge in [-0.3, -0.25) is 0 Å². The van der Waals surface area contributed by atoms with E-state index in [1.807, 2.05) is 0 Å². The number of hydrogen-bond acceptors (Lipinski definition) is 5. The van der Waals surface area contributed by atoms with Gasteiger partial charge in [0.2, 0.25) is 0 Å². The summed E-state index contributed by atoms with van der Waals surface area (Å²) in [5.41, 5.74) is 3.20. The topological polar surface area (TPSA) is 84.6 Å². The highest BCUT2D eigenvalue weighted by molar-refractivity contribution is 6.39. The van der Waals surface area contributed by atoms with Crippen molar-refractivity contribution in [1.29, 1.82) is 0 Å². The SMILES string of the molecule is C=CC(OCCCNc1c(-c2c(Cl)cccc2Cl)noc1C1CC1)c1ccc(C(=O)O)cc1. The molecule has 1 saturated carbocycles. The normalized spacial score (nSPS) is 14.1. The molecule has 4 rings (SSSR count). The van der Waals surface area contributed by atoms with E-state index in [2.05, 4.69) is 17.1 Å². The molecule has 1 aliphatic carbocycles. The summed E-state index contributed by atoms with van der Waals surface area (Å²) in [7, 11) is 0. The number of aromatic nitrogens is 1. The van der Waals surface area contributed by atoms with Crippen LogP contribution in [0.15, 0.2) is 59.6 Å². The molecule has 0 bridgehead atoms. The molecule has 1 aliphatic rings. The standard InChI is InChI=1S/C25H24Cl2N2O4/c1-2-20(15-7-11-17(12-8-15)25(30)31)32-14-4-13-28-23-22(29-33-24(23)16-9-10-16)21-18(26)5-3-6-19(21)27/h2-3,5-8,11-12,16,20,28H,1,4,9-10,13-14H2,(H,30,31). The summed E-state index contributed by atoms with van der Waals surface area (Å²) in [5.74, 6) is 0.245. The second-order valence-corrected chi connectivity index (χ2v) is 8.69. The molecule has 6 nitrogen and oxygen atoms in total. The molecule has 172 valence electrons. The van der Waals surface area contributed by atoms with Gasteiger partial charge in [0, 0.05) is 24.6 Å². The minimum absolute atomic E-state index is 0.236. The van der Waals surface area contributed by atoms with Crippen LogP contribution in [-0.4, -0.2) is 29.4 Å². The number of hydrogen-bond donors (Lipinski definition) is 2. The number of ether oxygens (including phenoxy) is 1. The first-order valence-electron chi connectivity index (χ1n) is 10.7. The third kappa shape index (κ3) is 5.41. The van der Waals surface area contributed by atoms with Gasteiger partial charge in [-0.25, -0.2) is 4.79 Å². The van der Waals surface area contributed by atoms with E-state index < -0.39 is 5.97 Å². The van der Waals surface area contributed by atoms with Crippen molar-refractivity contribution >= 4 is 34.9 Å². The van der Waals surface area contributed by atoms with Gasteiger partial charge in [0.25, 0.3) is 0 Å². The summed E-state index contributed by atoms with van der Waals surface area (Å²) < 4.78 is 11.6. The van der Waals surface area contributed by atoms with Crippen LogP contribution in [0, 0.1) is 0 Å². The maximum Gasteiger partial charge on any atom is 0.335 e. The maximum atomic E-state index is 11.0. The zero-order valence-electron chi connectivity index (χ0n) is 17.9. The van der Waals surface area contributed by atoms with Gasteiger partial charge >= 0.3 is 5.97 Å². The Morgan fingerprint density at radius 1 is 1.24 bits per heavy atom. The number of anilines is 1. The Morgan fingerprint density at radius 3 is 2.55 bits per heavy atom. The van der Waals surface area contributed by atoms with Crippen LogP contribution in [0.4, 0.5) is 5.69 Å². The Balaban J connectivity index is 1.38. The fourth-order valence-corrected chi connectivity index (χ4v) is 4.18. The monoisotopic (exact) mass is 486 g/mol. The number of nitrogens with one attached hydrogen (secondary N) is 1. The van der Waals surface area contributed by atoms with Crippen molar-refractivity contribution in [2.45, 2.75) is 31.3 Å². The van der Waals surface area contributed by atoms with Gasteiger partial charge in [-0.2, -0.15) is 0 Å². The molecule has 8 heteroatoms. The average Bonchev–Trinajstić information content (AvgIpc) is 3.57. The van der Waals surface area contributed by atoms with Gasteiger partial charge in [-0.15, -0.1) is 6.58 Å². The molecule has 1 fully saturated rings. The lowest BCUT2D eigenvalue weighted by molar-refractivity contribution is 0.0695. The van der Waals surface area contributed by atoms with Crippen molar-refractivity contribution in [2.24, 2.45) is 0 Å². The number of halogens is 2. The van der Waals surface area contributed by atoms with Crippen molar-refractivity contribution < 1.29 is 19.2 Å². The lowest BCUT2D eigenvalue weighted by atomic mass is 10.1. The Morgan fingerprint density at radius 2 is 1.94 bits per heavy atom. The van der Waals surface area contributed by atoms with Crippen molar-refractivity contribution in [3.05, 3.63) is 82.1 Å². The highest BCUT2D eigenvalue weighted by Gasteiger charge is 2.33. The summed E-state index contributed by atoms with van der Waals surface area (Å²) in [6.45, 7) is 4.95. The highest BCUT2D eigenvalue weighted by atomic mass is 35.5. The number of carboxylic acids is 1. The third-order valence-electron chi connectivity index (χ3n) is 5.49. The quantitative estimate of drug-likeness (QED) is 0.225. The first-order chi connectivity index (χ1) is 16.0. The third-order valence-corrected chi connectivity index (χ3v) is 6.12. The molecule has 0 spiro atoms. The van der Waals surface area contributed by atoms with Gasteiger partial charge in [0.05, 0.1) is 15.6 Å². The van der Waals surface area contributed by atoms with Crippen LogP contribution in [0.25, 0.3) is 11.3 Å². The van der Waals surface area contributed by atoms with Gasteiger partial charge in [0.15, 0.2) is 5.76 Å². The number of aromatic carboxylic acids is 1. The maximum absolute atomic E-state index is 11.0. The second-order valence-electron chi connectivity index (χ2n) is 7.88. The summed E-state index contributed by atoms with van der Waals surface area (Å²) in [4.78, 5) is 11.0. The summed E-state index contributed by atoms with van der Waals surface area (Å²) in [5, 5.41) is 17.8. The first-order valence-corrected chi connectivity index (χ1v) is 11.5. The molecule has 2 N–H and O–H groups in total. The largest absolute Gasteiger partial charge is 0.478 e. The van der Waals surface area contributed by atoms with Crippen LogP contribution in [0.2, 0.25) is 10.0 Å². The molecular weight excluding hydrogens is 463 g/mol. The fourth-order valence-electron chi connectivity index (χ4n) is 3.60. The minimum Gasteiger partial charge on any atom is -0.478 e. The van der Waals surface area contributed by atoms with E-state index in [-0.39, 0.29) is 11.7 Å². The van der Waals surface area contributed by atoms with E-state index in [0.717, 1.165) is 36.3 Å². The number of nitrogens with zero attached hydrogens (tertiary/aromatic N) is 1. The van der Waals surface area contributed by atoms with Crippen LogP contribution >= 0.6 is 23.2 Å². The Bertz CT molecular complexity index is 1120. The molecule has 1 aromatic heterocycles. The summed E-state index contributed by atoms with van der Waals surface area (Å²) in [6, 6.07) is 12.0. The molecule has 0 saturated heterocycles. The van der Waals surface area contributed by atoms with Gasteiger partial charge in [-0.1, -0.05) is 52.6 Å². The molecular formula is C25H24Cl2N2O4. The van der Waals surface area contributed by atoms with Crippen molar-refractivity contribution in [3.8, 4) is 11.3 Å². The molecule has 1 unspecified atom stereocenters. The van der Waals surface area contributed by atoms with Crippen molar-refractivity contribution in [1.82, 2.24) is 5.16 Å².